The number of carboxylic acids is 1. The number of carbonyl (C=O) groups is 4. The minimum absolute atomic E-state index is 0.0230. The van der Waals surface area contributed by atoms with E-state index in [2.05, 4.69) is 10.6 Å². The topological polar surface area (TPSA) is 131 Å². The third-order valence-corrected chi connectivity index (χ3v) is 7.11. The number of hydrogen-bond acceptors (Lipinski definition) is 6. The molecule has 214 valence electrons. The quantitative estimate of drug-likeness (QED) is 0.257. The highest BCUT2D eigenvalue weighted by Crippen LogP contribution is 2.44. The normalized spacial score (nSPS) is 13.3. The van der Waals surface area contributed by atoms with Gasteiger partial charge in [0, 0.05) is 18.4 Å². The summed E-state index contributed by atoms with van der Waals surface area (Å²) in [6.07, 6.45) is -0.690. The Morgan fingerprint density at radius 2 is 1.44 bits per heavy atom. The van der Waals surface area contributed by atoms with E-state index in [1.807, 2.05) is 73.7 Å². The number of benzene rings is 3. The molecule has 9 nitrogen and oxygen atoms in total. The second-order valence-corrected chi connectivity index (χ2v) is 9.92. The van der Waals surface area contributed by atoms with Gasteiger partial charge in [0.05, 0.1) is 6.42 Å². The van der Waals surface area contributed by atoms with Gasteiger partial charge in [-0.2, -0.15) is 0 Å². The largest absolute Gasteiger partial charge is 0.481 e. The zero-order valence-corrected chi connectivity index (χ0v) is 22.9. The summed E-state index contributed by atoms with van der Waals surface area (Å²) in [5.41, 5.74) is 5.05. The van der Waals surface area contributed by atoms with Gasteiger partial charge in [0.15, 0.2) is 0 Å². The molecular formula is C32H34N2O7. The molecule has 41 heavy (non-hydrogen) atoms. The van der Waals surface area contributed by atoms with E-state index in [0.29, 0.717) is 6.42 Å². The monoisotopic (exact) mass is 558 g/mol. The lowest BCUT2D eigenvalue weighted by atomic mass is 9.98. The Morgan fingerprint density at radius 1 is 0.829 bits per heavy atom. The number of esters is 1. The molecule has 2 amide bonds. The van der Waals surface area contributed by atoms with Crippen LogP contribution in [0.15, 0.2) is 78.9 Å². The van der Waals surface area contributed by atoms with E-state index in [1.54, 1.807) is 12.1 Å². The van der Waals surface area contributed by atoms with E-state index in [0.717, 1.165) is 27.8 Å². The minimum Gasteiger partial charge on any atom is -0.481 e. The smallest absolute Gasteiger partial charge is 0.407 e. The molecule has 0 heterocycles. The first-order chi connectivity index (χ1) is 19.9. The fourth-order valence-corrected chi connectivity index (χ4v) is 4.93. The maximum atomic E-state index is 13.2. The molecule has 0 saturated heterocycles. The molecule has 3 aromatic carbocycles. The van der Waals surface area contributed by atoms with Crippen LogP contribution in [0.3, 0.4) is 0 Å². The number of amides is 2. The van der Waals surface area contributed by atoms with Gasteiger partial charge in [-0.1, -0.05) is 85.8 Å². The van der Waals surface area contributed by atoms with Crippen molar-refractivity contribution in [2.45, 2.75) is 57.2 Å². The van der Waals surface area contributed by atoms with Crippen molar-refractivity contribution in [3.63, 3.8) is 0 Å². The van der Waals surface area contributed by atoms with Crippen molar-refractivity contribution in [1.29, 1.82) is 0 Å². The summed E-state index contributed by atoms with van der Waals surface area (Å²) in [5.74, 6) is -2.44. The highest BCUT2D eigenvalue weighted by atomic mass is 16.5. The van der Waals surface area contributed by atoms with Gasteiger partial charge in [-0.25, -0.2) is 4.79 Å². The van der Waals surface area contributed by atoms with Crippen molar-refractivity contribution in [2.75, 3.05) is 6.61 Å². The number of alkyl carbamates (subject to hydrolysis) is 1. The van der Waals surface area contributed by atoms with Crippen LogP contribution in [0.25, 0.3) is 11.1 Å². The zero-order valence-electron chi connectivity index (χ0n) is 22.9. The van der Waals surface area contributed by atoms with Crippen LogP contribution in [-0.4, -0.2) is 47.7 Å². The van der Waals surface area contributed by atoms with Gasteiger partial charge in [0.25, 0.3) is 0 Å². The van der Waals surface area contributed by atoms with Crippen LogP contribution in [0, 0.1) is 0 Å². The van der Waals surface area contributed by atoms with E-state index in [1.165, 1.54) is 0 Å². The Morgan fingerprint density at radius 3 is 2.05 bits per heavy atom. The summed E-state index contributed by atoms with van der Waals surface area (Å²) in [6, 6.07) is 23.3. The first kappa shape index (κ1) is 29.3. The fourth-order valence-electron chi connectivity index (χ4n) is 4.93. The van der Waals surface area contributed by atoms with Crippen LogP contribution >= 0.6 is 0 Å². The standard InChI is InChI=1S/C32H34N2O7/c1-2-22(16-17-29(35)36)33-31(38)28(18-30(37)40-19-21-10-4-3-5-11-21)34-32(39)41-20-27-25-14-8-6-12-23(25)24-13-7-9-15-26(24)27/h3-15,22,27-28H,2,16-20H2,1H3,(H,33,38)(H,34,39)(H,35,36)/t22?,28-/m0/s1. The average Bonchev–Trinajstić information content (AvgIpc) is 3.30. The van der Waals surface area contributed by atoms with E-state index in [-0.39, 0.29) is 32.0 Å². The number of hydrogen-bond donors (Lipinski definition) is 3. The molecule has 0 spiro atoms. The van der Waals surface area contributed by atoms with Crippen molar-refractivity contribution in [1.82, 2.24) is 10.6 Å². The van der Waals surface area contributed by atoms with E-state index in [9.17, 15) is 19.2 Å². The highest BCUT2D eigenvalue weighted by molar-refractivity contribution is 5.90. The summed E-state index contributed by atoms with van der Waals surface area (Å²) in [6.45, 7) is 1.88. The molecule has 1 aliphatic rings. The highest BCUT2D eigenvalue weighted by Gasteiger charge is 2.31. The van der Waals surface area contributed by atoms with Gasteiger partial charge in [0.2, 0.25) is 5.91 Å². The lowest BCUT2D eigenvalue weighted by molar-refractivity contribution is -0.147. The first-order valence-electron chi connectivity index (χ1n) is 13.7. The molecule has 3 aromatic rings. The van der Waals surface area contributed by atoms with E-state index in [4.69, 9.17) is 14.6 Å². The second-order valence-electron chi connectivity index (χ2n) is 9.92. The Labute approximate surface area is 238 Å². The van der Waals surface area contributed by atoms with E-state index < -0.39 is 42.4 Å². The summed E-state index contributed by atoms with van der Waals surface area (Å²) >= 11 is 0. The predicted molar refractivity (Wildman–Crippen MR) is 152 cm³/mol. The van der Waals surface area contributed by atoms with Crippen LogP contribution in [0.1, 0.15) is 55.2 Å². The third-order valence-electron chi connectivity index (χ3n) is 7.11. The van der Waals surface area contributed by atoms with Crippen LogP contribution < -0.4 is 10.6 Å². The fraction of sp³-hybridized carbons (Fsp3) is 0.312. The summed E-state index contributed by atoms with van der Waals surface area (Å²) < 4.78 is 10.9. The van der Waals surface area contributed by atoms with Crippen molar-refractivity contribution in [3.05, 3.63) is 95.6 Å². The number of aliphatic carboxylic acids is 1. The summed E-state index contributed by atoms with van der Waals surface area (Å²) in [4.78, 5) is 49.7. The average molecular weight is 559 g/mol. The molecule has 0 aliphatic heterocycles. The lowest BCUT2D eigenvalue weighted by Crippen LogP contribution is -2.50. The van der Waals surface area contributed by atoms with Crippen molar-refractivity contribution in [3.8, 4) is 11.1 Å². The summed E-state index contributed by atoms with van der Waals surface area (Å²) in [7, 11) is 0. The van der Waals surface area contributed by atoms with Gasteiger partial charge in [-0.3, -0.25) is 14.4 Å². The number of carboxylic acid groups (broad SMARTS) is 1. The molecule has 0 bridgehead atoms. The molecule has 0 saturated carbocycles. The second kappa shape index (κ2) is 14.1. The SMILES string of the molecule is CCC(CCC(=O)O)NC(=O)[C@H](CC(=O)OCc1ccccc1)NC(=O)OCC1c2ccccc2-c2ccccc21. The molecule has 1 unspecified atom stereocenters. The van der Waals surface area contributed by atoms with Crippen molar-refractivity contribution >= 4 is 23.9 Å². The van der Waals surface area contributed by atoms with Crippen molar-refractivity contribution < 1.29 is 33.8 Å². The molecule has 0 radical (unpaired) electrons. The Kier molecular flexibility index (Phi) is 10.1. The van der Waals surface area contributed by atoms with Crippen LogP contribution in [0.2, 0.25) is 0 Å². The molecule has 4 rings (SSSR count). The van der Waals surface area contributed by atoms with Gasteiger partial charge >= 0.3 is 18.0 Å². The van der Waals surface area contributed by atoms with Gasteiger partial charge in [-0.15, -0.1) is 0 Å². The molecule has 9 heteroatoms. The number of carbonyl (C=O) groups excluding carboxylic acids is 3. The van der Waals surface area contributed by atoms with E-state index >= 15 is 0 Å². The maximum Gasteiger partial charge on any atom is 0.407 e. The third kappa shape index (κ3) is 7.94. The van der Waals surface area contributed by atoms with Gasteiger partial charge in [0.1, 0.15) is 19.3 Å². The molecular weight excluding hydrogens is 524 g/mol. The number of fused-ring (bicyclic) bond motifs is 3. The summed E-state index contributed by atoms with van der Waals surface area (Å²) in [5, 5.41) is 14.3. The van der Waals surface area contributed by atoms with Gasteiger partial charge < -0.3 is 25.2 Å². The Bertz CT molecular complexity index is 1330. The zero-order chi connectivity index (χ0) is 29.2. The molecule has 0 fully saturated rings. The van der Waals surface area contributed by atoms with Crippen LogP contribution in [-0.2, 0) is 30.5 Å². The first-order valence-corrected chi connectivity index (χ1v) is 13.7. The minimum atomic E-state index is -1.27. The Hall–Kier alpha value is -4.66. The number of rotatable bonds is 13. The van der Waals surface area contributed by atoms with Crippen LogP contribution in [0.4, 0.5) is 4.79 Å². The Balaban J connectivity index is 1.41. The molecule has 0 aromatic heterocycles. The maximum absolute atomic E-state index is 13.2. The lowest BCUT2D eigenvalue weighted by Gasteiger charge is -2.22. The van der Waals surface area contributed by atoms with Gasteiger partial charge in [-0.05, 0) is 40.7 Å². The van der Waals surface area contributed by atoms with Crippen LogP contribution in [0.5, 0.6) is 0 Å². The molecule has 1 aliphatic carbocycles. The molecule has 2 atom stereocenters. The number of nitrogens with one attached hydrogen (secondary N) is 2. The molecule has 3 N–H and O–H groups in total. The predicted octanol–water partition coefficient (Wildman–Crippen LogP) is 4.79. The number of ether oxygens (including phenoxy) is 2. The van der Waals surface area contributed by atoms with Crippen molar-refractivity contribution in [2.24, 2.45) is 0 Å².